The molecule has 4 saturated carbocycles. The summed E-state index contributed by atoms with van der Waals surface area (Å²) in [5.74, 6) is 1.85. The molecule has 5 aliphatic carbocycles. The minimum Gasteiger partial charge on any atom is -0.511 e. The fourth-order valence-electron chi connectivity index (χ4n) is 11.6. The van der Waals surface area contributed by atoms with Gasteiger partial charge in [0.15, 0.2) is 0 Å². The second kappa shape index (κ2) is 7.19. The van der Waals surface area contributed by atoms with Crippen LogP contribution in [0.4, 0.5) is 0 Å². The number of ketones is 1. The van der Waals surface area contributed by atoms with Gasteiger partial charge in [0, 0.05) is 23.2 Å². The Morgan fingerprint density at radius 2 is 1.61 bits per heavy atom. The van der Waals surface area contributed by atoms with Crippen molar-refractivity contribution in [2.24, 2.45) is 56.2 Å². The molecular formula is C32H47NO3. The maximum Gasteiger partial charge on any atom is 0.137 e. The lowest BCUT2D eigenvalue weighted by Gasteiger charge is -2.72. The quantitative estimate of drug-likeness (QED) is 0.386. The Morgan fingerprint density at radius 1 is 0.944 bits per heavy atom. The molecule has 3 unspecified atom stereocenters. The molecule has 36 heavy (non-hydrogen) atoms. The first kappa shape index (κ1) is 25.0. The Hall–Kier alpha value is -1.34. The number of hydrogen-bond acceptors (Lipinski definition) is 4. The SMILES string of the molecule is CC1(C)CC[C@]2(C3CO3)CC[C@]3(C)C(C(=O)C[C@@H]4[C@@]5(C)CC(C#N)=C(O)C(C)(C)[C@@H]5CC[C@]43C)C2C1. The molecular weight excluding hydrogens is 446 g/mol. The van der Waals surface area contributed by atoms with Crippen LogP contribution in [0, 0.1) is 67.5 Å². The summed E-state index contributed by atoms with van der Waals surface area (Å²) < 4.78 is 6.03. The molecule has 1 heterocycles. The molecule has 4 heteroatoms. The van der Waals surface area contributed by atoms with Gasteiger partial charge in [-0.15, -0.1) is 0 Å². The van der Waals surface area contributed by atoms with E-state index in [0.29, 0.717) is 42.0 Å². The average Bonchev–Trinajstić information content (AvgIpc) is 3.63. The number of nitriles is 1. The molecule has 1 aliphatic heterocycles. The number of nitrogens with zero attached hydrogens (tertiary/aromatic N) is 1. The molecule has 0 aromatic carbocycles. The van der Waals surface area contributed by atoms with Crippen LogP contribution in [0.25, 0.3) is 0 Å². The van der Waals surface area contributed by atoms with Gasteiger partial charge >= 0.3 is 0 Å². The Balaban J connectivity index is 1.45. The lowest BCUT2D eigenvalue weighted by Crippen LogP contribution is -2.69. The standard InChI is InChI=1S/C32H47NO3/c1-27(2)10-12-32(24-18-36-24)13-11-31(7)25(20(32)16-27)21(34)14-23-29(5)15-19(17-33)26(35)28(3,4)22(29)8-9-30(23,31)6/h20,22-25,35H,8-16,18H2,1-7H3/t20?,22-,23+,24?,25?,29-,30+,31+,32-/m0/s1. The molecule has 0 radical (unpaired) electrons. The lowest BCUT2D eigenvalue weighted by molar-refractivity contribution is -0.233. The highest BCUT2D eigenvalue weighted by Gasteiger charge is 2.73. The van der Waals surface area contributed by atoms with Gasteiger partial charge in [0.25, 0.3) is 0 Å². The van der Waals surface area contributed by atoms with E-state index < -0.39 is 5.41 Å². The van der Waals surface area contributed by atoms with Crippen molar-refractivity contribution in [3.63, 3.8) is 0 Å². The number of epoxide rings is 1. The second-order valence-corrected chi connectivity index (χ2v) is 16.0. The van der Waals surface area contributed by atoms with E-state index in [1.165, 1.54) is 19.3 Å². The minimum atomic E-state index is -0.432. The predicted octanol–water partition coefficient (Wildman–Crippen LogP) is 7.39. The monoisotopic (exact) mass is 493 g/mol. The fourth-order valence-corrected chi connectivity index (χ4v) is 11.6. The first-order valence-corrected chi connectivity index (χ1v) is 14.6. The largest absolute Gasteiger partial charge is 0.511 e. The number of fused-ring (bicyclic) bond motifs is 7. The van der Waals surface area contributed by atoms with Gasteiger partial charge in [0.1, 0.15) is 11.5 Å². The van der Waals surface area contributed by atoms with Crippen molar-refractivity contribution in [2.45, 2.75) is 112 Å². The number of ether oxygens (including phenoxy) is 1. The number of aliphatic hydroxyl groups excluding tert-OH is 1. The topological polar surface area (TPSA) is 73.6 Å². The van der Waals surface area contributed by atoms with Gasteiger partial charge in [-0.3, -0.25) is 4.79 Å². The third kappa shape index (κ3) is 2.88. The number of hydrogen-bond donors (Lipinski definition) is 1. The molecule has 1 saturated heterocycles. The van der Waals surface area contributed by atoms with E-state index in [0.717, 1.165) is 32.3 Å². The molecule has 0 spiro atoms. The summed E-state index contributed by atoms with van der Waals surface area (Å²) >= 11 is 0. The Morgan fingerprint density at radius 3 is 2.25 bits per heavy atom. The van der Waals surface area contributed by atoms with Gasteiger partial charge in [-0.1, -0.05) is 48.5 Å². The van der Waals surface area contributed by atoms with Crippen LogP contribution in [0.2, 0.25) is 0 Å². The van der Waals surface area contributed by atoms with Crippen LogP contribution < -0.4 is 0 Å². The van der Waals surface area contributed by atoms with Crippen molar-refractivity contribution in [3.8, 4) is 6.07 Å². The normalized spacial score (nSPS) is 52.8. The summed E-state index contributed by atoms with van der Waals surface area (Å²) in [7, 11) is 0. The van der Waals surface area contributed by atoms with Crippen LogP contribution in [0.3, 0.4) is 0 Å². The molecule has 5 fully saturated rings. The summed E-state index contributed by atoms with van der Waals surface area (Å²) in [6.45, 7) is 17.3. The van der Waals surface area contributed by atoms with Crippen LogP contribution in [0.15, 0.2) is 11.3 Å². The highest BCUT2D eigenvalue weighted by atomic mass is 16.6. The van der Waals surface area contributed by atoms with Crippen LogP contribution in [0.5, 0.6) is 0 Å². The van der Waals surface area contributed by atoms with Crippen molar-refractivity contribution in [2.75, 3.05) is 6.61 Å². The van der Waals surface area contributed by atoms with Crippen LogP contribution in [0.1, 0.15) is 106 Å². The molecule has 0 aromatic heterocycles. The summed E-state index contributed by atoms with van der Waals surface area (Å²) in [5.41, 5.74) is 0.451. The van der Waals surface area contributed by atoms with E-state index in [9.17, 15) is 15.2 Å². The van der Waals surface area contributed by atoms with Crippen LogP contribution in [-0.2, 0) is 9.53 Å². The van der Waals surface area contributed by atoms with Gasteiger partial charge in [-0.25, -0.2) is 0 Å². The highest BCUT2D eigenvalue weighted by molar-refractivity contribution is 5.84. The summed E-state index contributed by atoms with van der Waals surface area (Å²) in [6, 6.07) is 2.35. The molecule has 0 amide bonds. The molecule has 6 rings (SSSR count). The minimum absolute atomic E-state index is 0.0301. The van der Waals surface area contributed by atoms with Crippen molar-refractivity contribution in [1.82, 2.24) is 0 Å². The Labute approximate surface area is 218 Å². The van der Waals surface area contributed by atoms with Gasteiger partial charge in [-0.2, -0.15) is 5.26 Å². The summed E-state index contributed by atoms with van der Waals surface area (Å²) in [5, 5.41) is 21.0. The van der Waals surface area contributed by atoms with Crippen molar-refractivity contribution >= 4 is 5.78 Å². The first-order chi connectivity index (χ1) is 16.7. The van der Waals surface area contributed by atoms with Gasteiger partial charge in [0.2, 0.25) is 0 Å². The van der Waals surface area contributed by atoms with Gasteiger partial charge in [0.05, 0.1) is 24.4 Å². The molecule has 9 atom stereocenters. The molecule has 0 aromatic rings. The molecule has 0 bridgehead atoms. The number of allylic oxidation sites excluding steroid dienone is 2. The Bertz CT molecular complexity index is 1080. The predicted molar refractivity (Wildman–Crippen MR) is 140 cm³/mol. The maximum absolute atomic E-state index is 14.5. The highest BCUT2D eigenvalue weighted by Crippen LogP contribution is 2.77. The van der Waals surface area contributed by atoms with Crippen LogP contribution in [-0.4, -0.2) is 23.6 Å². The summed E-state index contributed by atoms with van der Waals surface area (Å²) in [6.07, 6.45) is 9.66. The third-order valence-corrected chi connectivity index (χ3v) is 13.8. The second-order valence-electron chi connectivity index (χ2n) is 16.0. The number of rotatable bonds is 1. The fraction of sp³-hybridized carbons (Fsp3) is 0.875. The van der Waals surface area contributed by atoms with E-state index in [1.807, 2.05) is 0 Å². The number of aliphatic hydroxyl groups is 1. The van der Waals surface area contributed by atoms with E-state index in [4.69, 9.17) is 4.74 Å². The average molecular weight is 494 g/mol. The van der Waals surface area contributed by atoms with E-state index in [-0.39, 0.29) is 44.8 Å². The summed E-state index contributed by atoms with van der Waals surface area (Å²) in [4.78, 5) is 14.5. The van der Waals surface area contributed by atoms with E-state index >= 15 is 0 Å². The van der Waals surface area contributed by atoms with Gasteiger partial charge in [-0.05, 0) is 90.8 Å². The first-order valence-electron chi connectivity index (χ1n) is 14.6. The lowest BCUT2D eigenvalue weighted by atomic mass is 9.31. The van der Waals surface area contributed by atoms with Crippen molar-refractivity contribution < 1.29 is 14.6 Å². The Kier molecular flexibility index (Phi) is 4.99. The zero-order chi connectivity index (χ0) is 26.1. The zero-order valence-electron chi connectivity index (χ0n) is 23.7. The number of carbonyl (C=O) groups excluding carboxylic acids is 1. The molecule has 4 nitrogen and oxygen atoms in total. The van der Waals surface area contributed by atoms with Crippen LogP contribution >= 0.6 is 0 Å². The van der Waals surface area contributed by atoms with Gasteiger partial charge < -0.3 is 9.84 Å². The van der Waals surface area contributed by atoms with E-state index in [1.54, 1.807) is 0 Å². The molecule has 1 N–H and O–H groups in total. The zero-order valence-corrected chi connectivity index (χ0v) is 23.7. The van der Waals surface area contributed by atoms with E-state index in [2.05, 4.69) is 54.5 Å². The number of Topliss-reactive ketones (excluding diaryl/α,β-unsaturated/α-hetero) is 1. The maximum atomic E-state index is 14.5. The third-order valence-electron chi connectivity index (χ3n) is 13.8. The smallest absolute Gasteiger partial charge is 0.137 e. The molecule has 6 aliphatic rings. The number of carbonyl (C=O) groups is 1. The van der Waals surface area contributed by atoms with Crippen molar-refractivity contribution in [3.05, 3.63) is 11.3 Å². The van der Waals surface area contributed by atoms with Crippen molar-refractivity contribution in [1.29, 1.82) is 5.26 Å². The molecule has 198 valence electrons.